The molecular weight excluding hydrogens is 268 g/mol. The molecule has 1 aliphatic heterocycles. The first-order chi connectivity index (χ1) is 10.2. The van der Waals surface area contributed by atoms with Gasteiger partial charge in [-0.05, 0) is 37.5 Å². The predicted molar refractivity (Wildman–Crippen MR) is 79.3 cm³/mol. The van der Waals surface area contributed by atoms with E-state index in [1.807, 2.05) is 25.1 Å². The zero-order chi connectivity index (χ0) is 15.2. The molecule has 2 rings (SSSR count). The highest BCUT2D eigenvalue weighted by molar-refractivity contribution is 5.44. The van der Waals surface area contributed by atoms with Crippen molar-refractivity contribution < 1.29 is 14.6 Å². The van der Waals surface area contributed by atoms with Crippen molar-refractivity contribution >= 4 is 0 Å². The minimum absolute atomic E-state index is 0.240. The Morgan fingerprint density at radius 1 is 1.38 bits per heavy atom. The number of nitriles is 1. The number of rotatable bonds is 5. The molecule has 0 bridgehead atoms. The van der Waals surface area contributed by atoms with Crippen molar-refractivity contribution in [1.82, 2.24) is 4.90 Å². The third-order valence-electron chi connectivity index (χ3n) is 3.79. The number of hydrogen-bond donors (Lipinski definition) is 1. The lowest BCUT2D eigenvalue weighted by Gasteiger charge is -2.33. The summed E-state index contributed by atoms with van der Waals surface area (Å²) in [7, 11) is 1.60. The van der Waals surface area contributed by atoms with Crippen LogP contribution < -0.4 is 9.47 Å². The molecule has 21 heavy (non-hydrogen) atoms. The number of benzene rings is 1. The fourth-order valence-corrected chi connectivity index (χ4v) is 2.64. The molecule has 0 aliphatic carbocycles. The Labute approximate surface area is 125 Å². The fourth-order valence-electron chi connectivity index (χ4n) is 2.64. The first-order valence-electron chi connectivity index (χ1n) is 7.32. The summed E-state index contributed by atoms with van der Waals surface area (Å²) in [4.78, 5) is 2.10. The molecule has 114 valence electrons. The summed E-state index contributed by atoms with van der Waals surface area (Å²) in [6.07, 6.45) is 1.19. The van der Waals surface area contributed by atoms with Gasteiger partial charge in [-0.2, -0.15) is 5.26 Å². The Bertz CT molecular complexity index is 505. The third-order valence-corrected chi connectivity index (χ3v) is 3.79. The minimum Gasteiger partial charge on any atom is -0.493 e. The maximum atomic E-state index is 9.59. The number of piperidine rings is 1. The Kier molecular flexibility index (Phi) is 5.43. The Morgan fingerprint density at radius 3 is 2.67 bits per heavy atom. The number of nitrogens with zero attached hydrogens (tertiary/aromatic N) is 2. The van der Waals surface area contributed by atoms with Crippen LogP contribution >= 0.6 is 0 Å². The average molecular weight is 290 g/mol. The Hall–Kier alpha value is -1.77. The molecule has 0 amide bonds. The standard InChI is InChI=1S/C16H22N2O3/c1-3-21-16-10-12(4-5-15(16)20-2)14(11-17)18-8-6-13(19)7-9-18/h4-5,10,13-14,19H,3,6-9H2,1-2H3. The lowest BCUT2D eigenvalue weighted by molar-refractivity contribution is 0.0716. The zero-order valence-corrected chi connectivity index (χ0v) is 12.6. The smallest absolute Gasteiger partial charge is 0.161 e. The molecule has 0 aromatic heterocycles. The molecule has 0 radical (unpaired) electrons. The van der Waals surface area contributed by atoms with Crippen LogP contribution in [0.4, 0.5) is 0 Å². The fraction of sp³-hybridized carbons (Fsp3) is 0.562. The van der Waals surface area contributed by atoms with Gasteiger partial charge in [0, 0.05) is 13.1 Å². The van der Waals surface area contributed by atoms with E-state index in [0.29, 0.717) is 30.9 Å². The molecular formula is C16H22N2O3. The average Bonchev–Trinajstić information content (AvgIpc) is 2.50. The van der Waals surface area contributed by atoms with Gasteiger partial charge in [0.05, 0.1) is 25.9 Å². The van der Waals surface area contributed by atoms with Crippen LogP contribution in [0.25, 0.3) is 0 Å². The second kappa shape index (κ2) is 7.30. The van der Waals surface area contributed by atoms with Gasteiger partial charge in [0.15, 0.2) is 11.5 Å². The number of hydrogen-bond acceptors (Lipinski definition) is 5. The summed E-state index contributed by atoms with van der Waals surface area (Å²) in [5.41, 5.74) is 0.901. The van der Waals surface area contributed by atoms with Gasteiger partial charge in [-0.15, -0.1) is 0 Å². The summed E-state index contributed by atoms with van der Waals surface area (Å²) >= 11 is 0. The van der Waals surface area contributed by atoms with Crippen molar-refractivity contribution in [3.8, 4) is 17.6 Å². The summed E-state index contributed by atoms with van der Waals surface area (Å²) in [5.74, 6) is 1.33. The van der Waals surface area contributed by atoms with Crippen molar-refractivity contribution in [2.24, 2.45) is 0 Å². The van der Waals surface area contributed by atoms with E-state index in [9.17, 15) is 10.4 Å². The predicted octanol–water partition coefficient (Wildman–Crippen LogP) is 2.12. The van der Waals surface area contributed by atoms with Gasteiger partial charge in [0.25, 0.3) is 0 Å². The molecule has 1 atom stereocenters. The van der Waals surface area contributed by atoms with E-state index in [4.69, 9.17) is 9.47 Å². The highest BCUT2D eigenvalue weighted by Gasteiger charge is 2.25. The van der Waals surface area contributed by atoms with Crippen molar-refractivity contribution in [3.63, 3.8) is 0 Å². The minimum atomic E-state index is -0.317. The maximum absolute atomic E-state index is 9.59. The van der Waals surface area contributed by atoms with Crippen LogP contribution in [0.5, 0.6) is 11.5 Å². The van der Waals surface area contributed by atoms with Crippen molar-refractivity contribution in [1.29, 1.82) is 5.26 Å². The molecule has 0 spiro atoms. The molecule has 0 saturated carbocycles. The molecule has 5 heteroatoms. The lowest BCUT2D eigenvalue weighted by Crippen LogP contribution is -2.38. The number of methoxy groups -OCH3 is 1. The van der Waals surface area contributed by atoms with Gasteiger partial charge in [0.1, 0.15) is 6.04 Å². The third kappa shape index (κ3) is 3.66. The Morgan fingerprint density at radius 2 is 2.10 bits per heavy atom. The summed E-state index contributed by atoms with van der Waals surface area (Å²) < 4.78 is 10.8. The van der Waals surface area contributed by atoms with Crippen LogP contribution in [-0.4, -0.2) is 42.9 Å². The van der Waals surface area contributed by atoms with E-state index in [-0.39, 0.29) is 12.1 Å². The topological polar surface area (TPSA) is 65.7 Å². The lowest BCUT2D eigenvalue weighted by atomic mass is 10.0. The van der Waals surface area contributed by atoms with E-state index in [1.165, 1.54) is 0 Å². The van der Waals surface area contributed by atoms with Crippen LogP contribution in [0.15, 0.2) is 18.2 Å². The van der Waals surface area contributed by atoms with E-state index < -0.39 is 0 Å². The van der Waals surface area contributed by atoms with Crippen molar-refractivity contribution in [2.45, 2.75) is 31.9 Å². The molecule has 1 unspecified atom stereocenters. The first kappa shape index (κ1) is 15.6. The van der Waals surface area contributed by atoms with Gasteiger partial charge in [-0.1, -0.05) is 6.07 Å². The van der Waals surface area contributed by atoms with Crippen LogP contribution in [0.2, 0.25) is 0 Å². The van der Waals surface area contributed by atoms with Crippen LogP contribution in [-0.2, 0) is 0 Å². The molecule has 1 heterocycles. The zero-order valence-electron chi connectivity index (χ0n) is 12.6. The molecule has 1 aromatic rings. The highest BCUT2D eigenvalue weighted by Crippen LogP contribution is 2.33. The molecule has 5 nitrogen and oxygen atoms in total. The van der Waals surface area contributed by atoms with E-state index >= 15 is 0 Å². The normalized spacial score (nSPS) is 18.0. The molecule has 1 fully saturated rings. The van der Waals surface area contributed by atoms with Gasteiger partial charge < -0.3 is 14.6 Å². The number of likely N-dealkylation sites (tertiary alicyclic amines) is 1. The summed E-state index contributed by atoms with van der Waals surface area (Å²) in [6.45, 7) is 3.93. The van der Waals surface area contributed by atoms with Gasteiger partial charge in [-0.3, -0.25) is 4.90 Å². The first-order valence-corrected chi connectivity index (χ1v) is 7.32. The van der Waals surface area contributed by atoms with Crippen molar-refractivity contribution in [3.05, 3.63) is 23.8 Å². The largest absolute Gasteiger partial charge is 0.493 e. The van der Waals surface area contributed by atoms with Crippen LogP contribution in [0, 0.1) is 11.3 Å². The highest BCUT2D eigenvalue weighted by atomic mass is 16.5. The van der Waals surface area contributed by atoms with E-state index in [2.05, 4.69) is 11.0 Å². The maximum Gasteiger partial charge on any atom is 0.161 e. The van der Waals surface area contributed by atoms with Gasteiger partial charge in [0.2, 0.25) is 0 Å². The second-order valence-corrected chi connectivity index (χ2v) is 5.14. The number of ether oxygens (including phenoxy) is 2. The van der Waals surface area contributed by atoms with Crippen LogP contribution in [0.1, 0.15) is 31.4 Å². The summed E-state index contributed by atoms with van der Waals surface area (Å²) in [5, 5.41) is 19.1. The quantitative estimate of drug-likeness (QED) is 0.899. The second-order valence-electron chi connectivity index (χ2n) is 5.14. The number of aliphatic hydroxyl groups excluding tert-OH is 1. The van der Waals surface area contributed by atoms with E-state index in [1.54, 1.807) is 7.11 Å². The molecule has 1 N–H and O–H groups in total. The van der Waals surface area contributed by atoms with E-state index in [0.717, 1.165) is 18.7 Å². The van der Waals surface area contributed by atoms with Crippen molar-refractivity contribution in [2.75, 3.05) is 26.8 Å². The van der Waals surface area contributed by atoms with Gasteiger partial charge >= 0.3 is 0 Å². The molecule has 1 aliphatic rings. The van der Waals surface area contributed by atoms with Gasteiger partial charge in [-0.25, -0.2) is 0 Å². The monoisotopic (exact) mass is 290 g/mol. The molecule has 1 aromatic carbocycles. The Balaban J connectivity index is 2.22. The SMILES string of the molecule is CCOc1cc(C(C#N)N2CCC(O)CC2)ccc1OC. The molecule has 1 saturated heterocycles. The number of aliphatic hydroxyl groups is 1. The summed E-state index contributed by atoms with van der Waals surface area (Å²) in [6, 6.07) is 7.66. The van der Waals surface area contributed by atoms with Crippen LogP contribution in [0.3, 0.4) is 0 Å².